The van der Waals surface area contributed by atoms with E-state index >= 15 is 0 Å². The molecule has 158 valence electrons. The summed E-state index contributed by atoms with van der Waals surface area (Å²) in [6.45, 7) is 6.52. The first kappa shape index (κ1) is 20.5. The summed E-state index contributed by atoms with van der Waals surface area (Å²) in [6.07, 6.45) is 4.09. The highest BCUT2D eigenvalue weighted by Gasteiger charge is 2.20. The van der Waals surface area contributed by atoms with Gasteiger partial charge in [0.1, 0.15) is 0 Å². The zero-order chi connectivity index (χ0) is 20.9. The van der Waals surface area contributed by atoms with Crippen molar-refractivity contribution in [1.29, 1.82) is 0 Å². The van der Waals surface area contributed by atoms with E-state index in [-0.39, 0.29) is 11.8 Å². The van der Waals surface area contributed by atoms with E-state index in [4.69, 9.17) is 0 Å². The minimum Gasteiger partial charge on any atom is -0.372 e. The number of anilines is 1. The molecule has 0 unspecified atom stereocenters. The zero-order valence-electron chi connectivity index (χ0n) is 17.8. The lowest BCUT2D eigenvalue weighted by molar-refractivity contribution is -0.128. The molecule has 2 aromatic carbocycles. The molecule has 1 N–H and O–H groups in total. The van der Waals surface area contributed by atoms with Crippen LogP contribution in [0.4, 0.5) is 5.69 Å². The minimum absolute atomic E-state index is 0.0550. The van der Waals surface area contributed by atoms with Crippen molar-refractivity contribution in [2.45, 2.75) is 45.7 Å². The predicted octanol–water partition coefficient (Wildman–Crippen LogP) is 3.98. The highest BCUT2D eigenvalue weighted by Crippen LogP contribution is 2.23. The van der Waals surface area contributed by atoms with Crippen molar-refractivity contribution in [3.05, 3.63) is 65.2 Å². The molecule has 0 atom stereocenters. The van der Waals surface area contributed by atoms with Crippen LogP contribution in [0.5, 0.6) is 0 Å². The Hall–Kier alpha value is -2.82. The Labute approximate surface area is 179 Å². The van der Waals surface area contributed by atoms with Gasteiger partial charge in [-0.05, 0) is 60.6 Å². The number of benzene rings is 2. The molecule has 4 rings (SSSR count). The summed E-state index contributed by atoms with van der Waals surface area (Å²) < 4.78 is 0. The van der Waals surface area contributed by atoms with E-state index < -0.39 is 0 Å². The number of nitrogens with one attached hydrogen (secondary N) is 1. The van der Waals surface area contributed by atoms with Gasteiger partial charge < -0.3 is 15.1 Å². The summed E-state index contributed by atoms with van der Waals surface area (Å²) in [5, 5.41) is 3.00. The molecule has 2 amide bonds. The van der Waals surface area contributed by atoms with Crippen molar-refractivity contribution >= 4 is 17.5 Å². The van der Waals surface area contributed by atoms with Gasteiger partial charge in [0.25, 0.3) is 5.91 Å². The fraction of sp³-hybridized carbons (Fsp3) is 0.440. The van der Waals surface area contributed by atoms with Crippen LogP contribution in [0.2, 0.25) is 0 Å². The number of carbonyl (C=O) groups is 2. The van der Waals surface area contributed by atoms with Crippen LogP contribution in [0, 0.1) is 5.92 Å². The van der Waals surface area contributed by atoms with Crippen LogP contribution >= 0.6 is 0 Å². The van der Waals surface area contributed by atoms with Crippen LogP contribution in [0.25, 0.3) is 0 Å². The predicted molar refractivity (Wildman–Crippen MR) is 119 cm³/mol. The lowest BCUT2D eigenvalue weighted by atomic mass is 9.98. The van der Waals surface area contributed by atoms with Gasteiger partial charge in [-0.1, -0.05) is 31.2 Å². The molecule has 0 aliphatic carbocycles. The molecule has 30 heavy (non-hydrogen) atoms. The number of likely N-dealkylation sites (tertiary alicyclic amines) is 1. The third-order valence-electron chi connectivity index (χ3n) is 6.30. The topological polar surface area (TPSA) is 52.7 Å². The summed E-state index contributed by atoms with van der Waals surface area (Å²) in [6, 6.07) is 16.1. The normalized spacial score (nSPS) is 17.4. The number of nitrogens with zero attached hydrogens (tertiary/aromatic N) is 2. The van der Waals surface area contributed by atoms with Crippen LogP contribution in [0.1, 0.15) is 54.1 Å². The maximum atomic E-state index is 12.5. The molecule has 0 radical (unpaired) electrons. The number of hydrogen-bond donors (Lipinski definition) is 1. The number of carbonyl (C=O) groups excluding carboxylic acids is 2. The van der Waals surface area contributed by atoms with E-state index in [1.807, 2.05) is 41.3 Å². The fourth-order valence-corrected chi connectivity index (χ4v) is 4.23. The lowest BCUT2D eigenvalue weighted by Crippen LogP contribution is -2.32. The summed E-state index contributed by atoms with van der Waals surface area (Å²) in [7, 11) is 0. The third kappa shape index (κ3) is 5.02. The molecule has 5 heteroatoms. The van der Waals surface area contributed by atoms with Crippen molar-refractivity contribution in [3.63, 3.8) is 0 Å². The fourth-order valence-electron chi connectivity index (χ4n) is 4.23. The third-order valence-corrected chi connectivity index (χ3v) is 6.30. The van der Waals surface area contributed by atoms with Crippen LogP contribution in [0.15, 0.2) is 48.5 Å². The summed E-state index contributed by atoms with van der Waals surface area (Å²) in [4.78, 5) is 28.6. The van der Waals surface area contributed by atoms with Gasteiger partial charge in [-0.3, -0.25) is 9.59 Å². The van der Waals surface area contributed by atoms with Crippen molar-refractivity contribution in [1.82, 2.24) is 10.2 Å². The molecule has 2 aliphatic rings. The molecule has 2 aromatic rings. The van der Waals surface area contributed by atoms with Crippen molar-refractivity contribution < 1.29 is 9.59 Å². The van der Waals surface area contributed by atoms with Gasteiger partial charge >= 0.3 is 0 Å². The number of piperidine rings is 1. The first-order valence-corrected chi connectivity index (χ1v) is 11.1. The molecule has 5 nitrogen and oxygen atoms in total. The monoisotopic (exact) mass is 405 g/mol. The van der Waals surface area contributed by atoms with Gasteiger partial charge in [-0.2, -0.15) is 0 Å². The Morgan fingerprint density at radius 2 is 1.63 bits per heavy atom. The van der Waals surface area contributed by atoms with Gasteiger partial charge in [0.15, 0.2) is 0 Å². The molecule has 0 bridgehead atoms. The van der Waals surface area contributed by atoms with E-state index in [1.165, 1.54) is 18.5 Å². The number of hydrogen-bond acceptors (Lipinski definition) is 3. The smallest absolute Gasteiger partial charge is 0.251 e. The number of amides is 2. The Kier molecular flexibility index (Phi) is 6.36. The lowest BCUT2D eigenvalue weighted by Gasteiger charge is -2.32. The van der Waals surface area contributed by atoms with Gasteiger partial charge in [-0.25, -0.2) is 0 Å². The minimum atomic E-state index is -0.0550. The largest absolute Gasteiger partial charge is 0.372 e. The van der Waals surface area contributed by atoms with Gasteiger partial charge in [0.05, 0.1) is 0 Å². The van der Waals surface area contributed by atoms with Gasteiger partial charge in [0.2, 0.25) is 5.91 Å². The summed E-state index contributed by atoms with van der Waals surface area (Å²) >= 11 is 0. The summed E-state index contributed by atoms with van der Waals surface area (Å²) in [5.41, 5.74) is 4.07. The average Bonchev–Trinajstić information content (AvgIpc) is 3.18. The highest BCUT2D eigenvalue weighted by molar-refractivity contribution is 5.94. The van der Waals surface area contributed by atoms with Crippen LogP contribution in [-0.4, -0.2) is 36.3 Å². The van der Waals surface area contributed by atoms with Crippen molar-refractivity contribution in [3.8, 4) is 0 Å². The second-order valence-corrected chi connectivity index (χ2v) is 8.63. The molecule has 0 saturated carbocycles. The van der Waals surface area contributed by atoms with E-state index in [0.29, 0.717) is 25.1 Å². The van der Waals surface area contributed by atoms with E-state index in [9.17, 15) is 9.59 Å². The van der Waals surface area contributed by atoms with E-state index in [1.54, 1.807) is 0 Å². The molecule has 2 aliphatic heterocycles. The van der Waals surface area contributed by atoms with Gasteiger partial charge in [0, 0.05) is 50.4 Å². The standard InChI is InChI=1S/C25H31N3O2/c1-19-12-15-27(16-13-19)23-10-8-22(9-11-23)25(30)26-17-20-4-6-21(7-5-20)18-28-14-2-3-24(28)29/h4-11,19H,2-3,12-18H2,1H3,(H,26,30). The second kappa shape index (κ2) is 9.33. The first-order chi connectivity index (χ1) is 14.6. The van der Waals surface area contributed by atoms with E-state index in [0.717, 1.165) is 43.1 Å². The molecular weight excluding hydrogens is 374 g/mol. The molecular formula is C25H31N3O2. The number of rotatable bonds is 6. The zero-order valence-corrected chi connectivity index (χ0v) is 17.8. The Bertz CT molecular complexity index is 868. The molecule has 0 aromatic heterocycles. The quantitative estimate of drug-likeness (QED) is 0.791. The molecule has 2 saturated heterocycles. The maximum absolute atomic E-state index is 12.5. The Balaban J connectivity index is 1.27. The van der Waals surface area contributed by atoms with Crippen LogP contribution in [-0.2, 0) is 17.9 Å². The molecule has 2 heterocycles. The molecule has 0 spiro atoms. The van der Waals surface area contributed by atoms with Crippen molar-refractivity contribution in [2.75, 3.05) is 24.5 Å². The average molecular weight is 406 g/mol. The maximum Gasteiger partial charge on any atom is 0.251 e. The summed E-state index contributed by atoms with van der Waals surface area (Å²) in [5.74, 6) is 0.996. The Morgan fingerprint density at radius 1 is 0.967 bits per heavy atom. The van der Waals surface area contributed by atoms with E-state index in [2.05, 4.69) is 29.3 Å². The van der Waals surface area contributed by atoms with Gasteiger partial charge in [-0.15, -0.1) is 0 Å². The van der Waals surface area contributed by atoms with Crippen molar-refractivity contribution in [2.24, 2.45) is 5.92 Å². The highest BCUT2D eigenvalue weighted by atomic mass is 16.2. The Morgan fingerprint density at radius 3 is 2.27 bits per heavy atom. The van der Waals surface area contributed by atoms with Crippen LogP contribution in [0.3, 0.4) is 0 Å². The second-order valence-electron chi connectivity index (χ2n) is 8.63. The SMILES string of the molecule is CC1CCN(c2ccc(C(=O)NCc3ccc(CN4CCCC4=O)cc3)cc2)CC1. The first-order valence-electron chi connectivity index (χ1n) is 11.1. The molecule has 2 fully saturated rings. The van der Waals surface area contributed by atoms with Crippen LogP contribution < -0.4 is 10.2 Å².